The molecule has 3 rings (SSSR count). The maximum atomic E-state index is 14.6. The normalized spacial score (nSPS) is 14.0. The van der Waals surface area contributed by atoms with Crippen molar-refractivity contribution in [2.45, 2.75) is 119 Å². The number of hydrogen-bond donors (Lipinski definition) is 16. The molecule has 27 heteroatoms. The molecule has 74 heavy (non-hydrogen) atoms. The molecule has 23 N–H and O–H groups in total. The second kappa shape index (κ2) is 32.0. The zero-order valence-electron chi connectivity index (χ0n) is 42.0. The second-order valence-electron chi connectivity index (χ2n) is 17.3. The molecule has 0 bridgehead atoms. The predicted molar refractivity (Wildman–Crippen MR) is 274 cm³/mol. The fraction of sp³-hybridized carbons (Fsp3) is 0.468. The van der Waals surface area contributed by atoms with Gasteiger partial charge in [-0.3, -0.25) is 48.3 Å². The molecular weight excluding hydrogens is 963 g/mol. The number of hydrazine groups is 1. The van der Waals surface area contributed by atoms with Gasteiger partial charge in [0.05, 0.1) is 12.5 Å². The summed E-state index contributed by atoms with van der Waals surface area (Å²) in [5.41, 5.74) is 45.7. The van der Waals surface area contributed by atoms with Gasteiger partial charge in [0.1, 0.15) is 43.9 Å². The summed E-state index contributed by atoms with van der Waals surface area (Å²) < 4.78 is 7.53. The fourth-order valence-corrected chi connectivity index (χ4v) is 7.51. The van der Waals surface area contributed by atoms with E-state index in [0.29, 0.717) is 30.5 Å². The van der Waals surface area contributed by atoms with Gasteiger partial charge in [-0.2, -0.15) is 0 Å². The maximum absolute atomic E-state index is 14.6. The average molecular weight is 1040 g/mol. The second-order valence-corrected chi connectivity index (χ2v) is 17.3. The Hall–Kier alpha value is -8.17. The fourth-order valence-electron chi connectivity index (χ4n) is 7.51. The minimum Gasteiger partial charge on any atom is -0.481 e. The Morgan fingerprint density at radius 1 is 0.608 bits per heavy atom. The van der Waals surface area contributed by atoms with E-state index in [-0.39, 0.29) is 82.8 Å². The molecule has 2 aromatic carbocycles. The van der Waals surface area contributed by atoms with Gasteiger partial charge in [0.15, 0.2) is 11.9 Å². The van der Waals surface area contributed by atoms with Crippen molar-refractivity contribution in [3.05, 3.63) is 71.9 Å². The van der Waals surface area contributed by atoms with Crippen molar-refractivity contribution in [3.63, 3.8) is 0 Å². The Morgan fingerprint density at radius 2 is 1.12 bits per heavy atom. The first-order valence-electron chi connectivity index (χ1n) is 24.4. The van der Waals surface area contributed by atoms with E-state index < -0.39 is 102 Å². The van der Waals surface area contributed by atoms with Gasteiger partial charge >= 0.3 is 5.97 Å². The Bertz CT molecular complexity index is 2470. The molecule has 404 valence electrons. The molecule has 7 atom stereocenters. The number of aliphatic imine (C=N–C) groups is 2. The van der Waals surface area contributed by atoms with Gasteiger partial charge < -0.3 is 81.6 Å². The largest absolute Gasteiger partial charge is 0.481 e. The highest BCUT2D eigenvalue weighted by atomic mass is 16.4. The quantitative estimate of drug-likeness (QED) is 0.00865. The number of aldehydes is 1. The lowest BCUT2D eigenvalue weighted by Crippen LogP contribution is -2.61. The zero-order chi connectivity index (χ0) is 55.5. The number of carboxylic acids is 1. The molecular formula is C47H71N17O10. The number of primary amides is 2. The first-order chi connectivity index (χ1) is 35.7. The number of H-pyrrole nitrogens is 1. The molecule has 0 fully saturated rings. The summed E-state index contributed by atoms with van der Waals surface area (Å²) in [7, 11) is 0. The van der Waals surface area contributed by atoms with E-state index in [2.05, 4.69) is 52.4 Å². The summed E-state index contributed by atoms with van der Waals surface area (Å²) >= 11 is 0. The van der Waals surface area contributed by atoms with Crippen LogP contribution in [-0.4, -0.2) is 138 Å². The Balaban J connectivity index is 2.01. The summed E-state index contributed by atoms with van der Waals surface area (Å²) in [4.78, 5) is 130. The number of nitrogens with one attached hydrogen (secondary N) is 8. The lowest BCUT2D eigenvalue weighted by Gasteiger charge is -2.28. The van der Waals surface area contributed by atoms with Crippen LogP contribution in [0.4, 0.5) is 0 Å². The number of nitrogens with two attached hydrogens (primary N) is 7. The molecule has 0 aliphatic heterocycles. The van der Waals surface area contributed by atoms with Crippen LogP contribution < -0.4 is 77.6 Å². The van der Waals surface area contributed by atoms with Crippen LogP contribution in [0.5, 0.6) is 0 Å². The first-order valence-corrected chi connectivity index (χ1v) is 23.9. The molecule has 0 radical (unpaired) electrons. The van der Waals surface area contributed by atoms with Gasteiger partial charge in [0.2, 0.25) is 41.4 Å². The van der Waals surface area contributed by atoms with Gasteiger partial charge in [-0.05, 0) is 75.1 Å². The molecule has 0 spiro atoms. The monoisotopic (exact) mass is 1030 g/mol. The van der Waals surface area contributed by atoms with Crippen molar-refractivity contribution < 1.29 is 49.6 Å². The minimum absolute atomic E-state index is 0.0152. The topological polar surface area (TPSA) is 481 Å². The van der Waals surface area contributed by atoms with Gasteiger partial charge in [-0.15, -0.1) is 0 Å². The number of guanidine groups is 2. The van der Waals surface area contributed by atoms with Gasteiger partial charge in [0, 0.05) is 49.5 Å². The number of rotatable bonds is 36. The highest BCUT2D eigenvalue weighted by Crippen LogP contribution is 2.20. The van der Waals surface area contributed by atoms with Crippen LogP contribution in [0.15, 0.2) is 70.8 Å². The highest BCUT2D eigenvalue weighted by molar-refractivity contribution is 5.96. The predicted octanol–water partition coefficient (Wildman–Crippen LogP) is -4.13. The van der Waals surface area contributed by atoms with Crippen LogP contribution in [-0.2, 0) is 56.0 Å². The molecule has 7 amide bonds. The van der Waals surface area contributed by atoms with Crippen molar-refractivity contribution in [2.24, 2.45) is 50.1 Å². The third-order valence-electron chi connectivity index (χ3n) is 11.4. The molecule has 1 aromatic heterocycles. The number of amides is 7. The summed E-state index contributed by atoms with van der Waals surface area (Å²) in [6.07, 6.45) is -0.143. The summed E-state index contributed by atoms with van der Waals surface area (Å²) in [6.45, 7) is 0.391. The summed E-state index contributed by atoms with van der Waals surface area (Å²) in [5.74, 6) is -7.94. The summed E-state index contributed by atoms with van der Waals surface area (Å²) in [5, 5.41) is 23.5. The van der Waals surface area contributed by atoms with Crippen LogP contribution in [0.2, 0.25) is 0 Å². The Morgan fingerprint density at radius 3 is 1.70 bits per heavy atom. The SMILES string of the molecule is [2H]C(=O)C(CCC(N)=O)NC(=O)[C@H](CC(=O)O)NN[C@@H](CCCN=C(N)N)C(=O)NC(Cc1ccccc1)C(=O)N[C@@H](CCCN=C(N)N)C(=O)NC(Cc1c[nH]c2ccccc12)C(=O)N[C@@H](CCCCN)C(N)=O. The van der Waals surface area contributed by atoms with E-state index in [1.54, 1.807) is 42.6 Å². The number of nitrogens with zero attached hydrogens (tertiary/aromatic N) is 2. The molecule has 3 unspecified atom stereocenters. The lowest BCUT2D eigenvalue weighted by molar-refractivity contribution is -0.140. The van der Waals surface area contributed by atoms with Crippen LogP contribution in [0, 0.1) is 0 Å². The van der Waals surface area contributed by atoms with E-state index in [0.717, 1.165) is 10.9 Å². The van der Waals surface area contributed by atoms with Crippen molar-refractivity contribution in [3.8, 4) is 0 Å². The van der Waals surface area contributed by atoms with Crippen LogP contribution >= 0.6 is 0 Å². The van der Waals surface area contributed by atoms with Crippen LogP contribution in [0.1, 0.15) is 76.7 Å². The van der Waals surface area contributed by atoms with Gasteiger partial charge in [-0.1, -0.05) is 48.5 Å². The minimum atomic E-state index is -1.67. The number of hydrogen-bond acceptors (Lipinski definition) is 14. The standard InChI is InChI=1S/C47H71N17O10/c48-19-7-6-14-32(40(50)69)59-44(73)36(23-28-25-57-31-13-5-4-12-30(28)31)62-41(70)33(15-8-20-55-46(51)52)60-43(72)35(22-27-10-2-1-3-11-27)61-42(71)34(16-9-21-56-47(53)54)63-64-37(24-39(67)68)45(74)58-29(26-65)17-18-38(49)66/h1-5,10-13,25-26,29,32-37,57,63-64H,6-9,14-24,48H2,(H2,49,66)(H2,50,69)(H,58,74)(H,59,73)(H,60,72)(H,61,71)(H,62,70)(H,67,68)(H4,51,52,55)(H4,53,54,56)/t29?,32-,33-,34-,35?,36?,37-/m0/s1/i26D. The molecule has 0 saturated carbocycles. The molecule has 0 aliphatic rings. The van der Waals surface area contributed by atoms with E-state index in [4.69, 9.17) is 41.5 Å². The van der Waals surface area contributed by atoms with Crippen molar-refractivity contribution in [1.29, 1.82) is 0 Å². The van der Waals surface area contributed by atoms with Crippen LogP contribution in [0.3, 0.4) is 0 Å². The van der Waals surface area contributed by atoms with E-state index in [9.17, 15) is 48.3 Å². The van der Waals surface area contributed by atoms with E-state index in [1.807, 2.05) is 18.2 Å². The molecule has 27 nitrogen and oxygen atoms in total. The Kier molecular flexibility index (Phi) is 25.3. The number of fused-ring (bicyclic) bond motifs is 1. The smallest absolute Gasteiger partial charge is 0.305 e. The van der Waals surface area contributed by atoms with Crippen molar-refractivity contribution in [1.82, 2.24) is 42.4 Å². The number of carbonyl (C=O) groups excluding carboxylic acids is 8. The summed E-state index contributed by atoms with van der Waals surface area (Å²) in [6, 6.07) is 5.96. The highest BCUT2D eigenvalue weighted by Gasteiger charge is 2.33. The molecule has 0 saturated heterocycles. The third-order valence-corrected chi connectivity index (χ3v) is 11.4. The number of para-hydroxylation sites is 1. The Labute approximate surface area is 428 Å². The van der Waals surface area contributed by atoms with Gasteiger partial charge in [0.25, 0.3) is 0 Å². The number of benzene rings is 2. The number of carbonyl (C=O) groups is 9. The number of unbranched alkanes of at least 4 members (excludes halogenated alkanes) is 1. The van der Waals surface area contributed by atoms with Crippen LogP contribution in [0.25, 0.3) is 10.9 Å². The maximum Gasteiger partial charge on any atom is 0.305 e. The average Bonchev–Trinajstić information content (AvgIpc) is 3.76. The number of aromatic amines is 1. The van der Waals surface area contributed by atoms with E-state index in [1.165, 1.54) is 0 Å². The number of aromatic nitrogens is 1. The molecule has 3 aromatic rings. The zero-order valence-corrected chi connectivity index (χ0v) is 41.0. The van der Waals surface area contributed by atoms with Crippen molar-refractivity contribution in [2.75, 3.05) is 19.6 Å². The van der Waals surface area contributed by atoms with Gasteiger partial charge in [-0.25, -0.2) is 10.9 Å². The lowest BCUT2D eigenvalue weighted by atomic mass is 10.0. The third kappa shape index (κ3) is 22.1. The number of aliphatic carboxylic acids is 1. The number of carboxylic acid groups (broad SMARTS) is 1. The van der Waals surface area contributed by atoms with Crippen molar-refractivity contribution >= 4 is 76.4 Å². The van der Waals surface area contributed by atoms with E-state index >= 15 is 0 Å². The molecule has 1 heterocycles. The molecule has 0 aliphatic carbocycles. The first kappa shape index (κ1) is 58.4.